The smallest absolute Gasteiger partial charge is 0.0366 e. The third-order valence-electron chi connectivity index (χ3n) is 3.71. The zero-order valence-corrected chi connectivity index (χ0v) is 11.8. The Morgan fingerprint density at radius 1 is 1.11 bits per heavy atom. The Morgan fingerprint density at radius 2 is 1.83 bits per heavy atom. The first-order valence-electron chi connectivity index (χ1n) is 7.38. The van der Waals surface area contributed by atoms with Crippen molar-refractivity contribution in [3.63, 3.8) is 0 Å². The molecule has 1 heterocycles. The van der Waals surface area contributed by atoms with Crippen LogP contribution in [0.1, 0.15) is 38.7 Å². The first kappa shape index (κ1) is 13.4. The van der Waals surface area contributed by atoms with Crippen LogP contribution in [0, 0.1) is 5.92 Å². The number of benzene rings is 1. The third kappa shape index (κ3) is 3.49. The molecule has 0 amide bonds. The van der Waals surface area contributed by atoms with Gasteiger partial charge in [0.05, 0.1) is 0 Å². The van der Waals surface area contributed by atoms with E-state index in [1.165, 1.54) is 43.6 Å². The Hall–Kier alpha value is -1.02. The fraction of sp³-hybridized carbons (Fsp3) is 0.625. The molecule has 0 radical (unpaired) electrons. The minimum absolute atomic E-state index is 0.931. The Labute approximate surface area is 111 Å². The molecule has 1 aliphatic heterocycles. The SMILES string of the molecule is CCCNCc1ccc(N2CC(CCC)C2)cc1. The van der Waals surface area contributed by atoms with Gasteiger partial charge in [-0.2, -0.15) is 0 Å². The number of rotatable bonds is 7. The summed E-state index contributed by atoms with van der Waals surface area (Å²) in [7, 11) is 0. The highest BCUT2D eigenvalue weighted by atomic mass is 15.2. The lowest BCUT2D eigenvalue weighted by atomic mass is 9.94. The van der Waals surface area contributed by atoms with Gasteiger partial charge in [0.1, 0.15) is 0 Å². The van der Waals surface area contributed by atoms with E-state index in [1.54, 1.807) is 0 Å². The van der Waals surface area contributed by atoms with Crippen molar-refractivity contribution in [2.45, 2.75) is 39.7 Å². The molecule has 18 heavy (non-hydrogen) atoms. The van der Waals surface area contributed by atoms with E-state index >= 15 is 0 Å². The van der Waals surface area contributed by atoms with Gasteiger partial charge >= 0.3 is 0 Å². The summed E-state index contributed by atoms with van der Waals surface area (Å²) in [4.78, 5) is 2.49. The van der Waals surface area contributed by atoms with Crippen molar-refractivity contribution < 1.29 is 0 Å². The molecule has 0 aromatic heterocycles. The molecule has 0 bridgehead atoms. The zero-order valence-electron chi connectivity index (χ0n) is 11.8. The number of nitrogens with zero attached hydrogens (tertiary/aromatic N) is 1. The third-order valence-corrected chi connectivity index (χ3v) is 3.71. The lowest BCUT2D eigenvalue weighted by Gasteiger charge is -2.41. The van der Waals surface area contributed by atoms with E-state index in [2.05, 4.69) is 48.3 Å². The highest BCUT2D eigenvalue weighted by molar-refractivity contribution is 5.49. The van der Waals surface area contributed by atoms with Crippen molar-refractivity contribution in [1.82, 2.24) is 5.32 Å². The van der Waals surface area contributed by atoms with E-state index in [-0.39, 0.29) is 0 Å². The molecule has 0 saturated carbocycles. The van der Waals surface area contributed by atoms with Crippen LogP contribution in [-0.4, -0.2) is 19.6 Å². The molecule has 1 aromatic rings. The monoisotopic (exact) mass is 246 g/mol. The standard InChI is InChI=1S/C16H26N2/c1-3-5-15-12-18(13-15)16-8-6-14(7-9-16)11-17-10-4-2/h6-9,15,17H,3-5,10-13H2,1-2H3. The van der Waals surface area contributed by atoms with Crippen molar-refractivity contribution in [3.8, 4) is 0 Å². The van der Waals surface area contributed by atoms with Gasteiger partial charge in [-0.25, -0.2) is 0 Å². The molecule has 2 nitrogen and oxygen atoms in total. The number of hydrogen-bond donors (Lipinski definition) is 1. The maximum absolute atomic E-state index is 3.44. The average molecular weight is 246 g/mol. The van der Waals surface area contributed by atoms with Crippen LogP contribution in [0.5, 0.6) is 0 Å². The fourth-order valence-corrected chi connectivity index (χ4v) is 2.61. The lowest BCUT2D eigenvalue weighted by molar-refractivity contribution is 0.380. The second kappa shape index (κ2) is 6.79. The van der Waals surface area contributed by atoms with Gasteiger partial charge in [0, 0.05) is 25.3 Å². The summed E-state index contributed by atoms with van der Waals surface area (Å²) in [5.74, 6) is 0.931. The van der Waals surface area contributed by atoms with Gasteiger partial charge < -0.3 is 10.2 Å². The van der Waals surface area contributed by atoms with Crippen LogP contribution < -0.4 is 10.2 Å². The molecular weight excluding hydrogens is 220 g/mol. The van der Waals surface area contributed by atoms with E-state index in [4.69, 9.17) is 0 Å². The molecule has 1 saturated heterocycles. The normalized spacial score (nSPS) is 15.8. The number of anilines is 1. The fourth-order valence-electron chi connectivity index (χ4n) is 2.61. The van der Waals surface area contributed by atoms with Gasteiger partial charge in [-0.05, 0) is 43.0 Å². The van der Waals surface area contributed by atoms with Crippen LogP contribution in [0.4, 0.5) is 5.69 Å². The maximum Gasteiger partial charge on any atom is 0.0366 e. The summed E-state index contributed by atoms with van der Waals surface area (Å²) < 4.78 is 0. The molecular formula is C16H26N2. The van der Waals surface area contributed by atoms with E-state index < -0.39 is 0 Å². The Balaban J connectivity index is 1.78. The van der Waals surface area contributed by atoms with E-state index in [0.717, 1.165) is 19.0 Å². The Bertz CT molecular complexity index is 339. The molecule has 2 heteroatoms. The quantitative estimate of drug-likeness (QED) is 0.742. The summed E-state index contributed by atoms with van der Waals surface area (Å²) in [6, 6.07) is 9.05. The van der Waals surface area contributed by atoms with Crippen LogP contribution in [0.25, 0.3) is 0 Å². The topological polar surface area (TPSA) is 15.3 Å². The predicted molar refractivity (Wildman–Crippen MR) is 79.1 cm³/mol. The molecule has 1 aliphatic rings. The summed E-state index contributed by atoms with van der Waals surface area (Å²) >= 11 is 0. The largest absolute Gasteiger partial charge is 0.371 e. The van der Waals surface area contributed by atoms with Crippen LogP contribution in [0.3, 0.4) is 0 Å². The number of hydrogen-bond acceptors (Lipinski definition) is 2. The Kier molecular flexibility index (Phi) is 5.06. The molecule has 0 atom stereocenters. The minimum atomic E-state index is 0.931. The minimum Gasteiger partial charge on any atom is -0.371 e. The van der Waals surface area contributed by atoms with Crippen molar-refractivity contribution in [1.29, 1.82) is 0 Å². The lowest BCUT2D eigenvalue weighted by Crippen LogP contribution is -2.46. The van der Waals surface area contributed by atoms with Crippen molar-refractivity contribution >= 4 is 5.69 Å². The van der Waals surface area contributed by atoms with Crippen LogP contribution in [-0.2, 0) is 6.54 Å². The molecule has 0 aliphatic carbocycles. The van der Waals surface area contributed by atoms with Gasteiger partial charge in [0.25, 0.3) is 0 Å². The molecule has 0 unspecified atom stereocenters. The summed E-state index contributed by atoms with van der Waals surface area (Å²) in [5, 5.41) is 3.44. The summed E-state index contributed by atoms with van der Waals surface area (Å²) in [5.41, 5.74) is 2.78. The zero-order chi connectivity index (χ0) is 12.8. The van der Waals surface area contributed by atoms with Crippen LogP contribution in [0.15, 0.2) is 24.3 Å². The average Bonchev–Trinajstić information content (AvgIpc) is 2.35. The van der Waals surface area contributed by atoms with Crippen LogP contribution in [0.2, 0.25) is 0 Å². The molecule has 1 aromatic carbocycles. The Morgan fingerprint density at radius 3 is 2.44 bits per heavy atom. The molecule has 2 rings (SSSR count). The second-order valence-electron chi connectivity index (χ2n) is 5.40. The van der Waals surface area contributed by atoms with Crippen molar-refractivity contribution in [3.05, 3.63) is 29.8 Å². The van der Waals surface area contributed by atoms with E-state index in [0.29, 0.717) is 0 Å². The summed E-state index contributed by atoms with van der Waals surface area (Å²) in [6.07, 6.45) is 3.90. The number of nitrogens with one attached hydrogen (secondary N) is 1. The molecule has 1 N–H and O–H groups in total. The highest BCUT2D eigenvalue weighted by Crippen LogP contribution is 2.27. The van der Waals surface area contributed by atoms with Crippen molar-refractivity contribution in [2.75, 3.05) is 24.5 Å². The first-order valence-corrected chi connectivity index (χ1v) is 7.38. The van der Waals surface area contributed by atoms with Gasteiger partial charge in [-0.3, -0.25) is 0 Å². The van der Waals surface area contributed by atoms with Gasteiger partial charge in [-0.15, -0.1) is 0 Å². The highest BCUT2D eigenvalue weighted by Gasteiger charge is 2.25. The second-order valence-corrected chi connectivity index (χ2v) is 5.40. The molecule has 0 spiro atoms. The van der Waals surface area contributed by atoms with Crippen molar-refractivity contribution in [2.24, 2.45) is 5.92 Å². The van der Waals surface area contributed by atoms with Gasteiger partial charge in [0.15, 0.2) is 0 Å². The van der Waals surface area contributed by atoms with Gasteiger partial charge in [0.2, 0.25) is 0 Å². The van der Waals surface area contributed by atoms with Crippen LogP contribution >= 0.6 is 0 Å². The van der Waals surface area contributed by atoms with E-state index in [9.17, 15) is 0 Å². The molecule has 100 valence electrons. The molecule has 1 fully saturated rings. The predicted octanol–water partition coefficient (Wildman–Crippen LogP) is 3.42. The van der Waals surface area contributed by atoms with E-state index in [1.807, 2.05) is 0 Å². The summed E-state index contributed by atoms with van der Waals surface area (Å²) in [6.45, 7) is 9.08. The van der Waals surface area contributed by atoms with Gasteiger partial charge in [-0.1, -0.05) is 32.4 Å². The first-order chi connectivity index (χ1) is 8.83. The maximum atomic E-state index is 3.44.